The normalized spacial score (nSPS) is 42.4. The van der Waals surface area contributed by atoms with E-state index in [1.807, 2.05) is 0 Å². The van der Waals surface area contributed by atoms with Crippen LogP contribution in [-0.4, -0.2) is 5.11 Å². The van der Waals surface area contributed by atoms with E-state index in [0.29, 0.717) is 17.6 Å². The van der Waals surface area contributed by atoms with E-state index in [9.17, 15) is 5.11 Å². The van der Waals surface area contributed by atoms with E-state index < -0.39 is 0 Å². The van der Waals surface area contributed by atoms with E-state index in [1.165, 1.54) is 68.1 Å². The third-order valence-electron chi connectivity index (χ3n) is 7.59. The van der Waals surface area contributed by atoms with Gasteiger partial charge in [-0.2, -0.15) is 0 Å². The minimum absolute atomic E-state index is 0.649. The van der Waals surface area contributed by atoms with Crippen LogP contribution < -0.4 is 0 Å². The van der Waals surface area contributed by atoms with Gasteiger partial charge in [-0.25, -0.2) is 0 Å². The molecule has 4 bridgehead atoms. The lowest BCUT2D eigenvalue weighted by Crippen LogP contribution is -2.13. The summed E-state index contributed by atoms with van der Waals surface area (Å²) in [4.78, 5) is 0. The quantitative estimate of drug-likeness (QED) is 0.763. The first-order valence-electron chi connectivity index (χ1n) is 9.52. The molecule has 4 fully saturated rings. The monoisotopic (exact) mass is 296 g/mol. The fourth-order valence-electron chi connectivity index (χ4n) is 6.65. The highest BCUT2D eigenvalue weighted by Gasteiger charge is 2.44. The molecule has 1 aromatic rings. The van der Waals surface area contributed by atoms with Crippen LogP contribution in [0.4, 0.5) is 0 Å². The maximum atomic E-state index is 11.1. The molecular weight excluding hydrogens is 268 g/mol. The molecule has 0 amide bonds. The van der Waals surface area contributed by atoms with Gasteiger partial charge in [-0.3, -0.25) is 0 Å². The third kappa shape index (κ3) is 1.90. The number of fused-ring (bicyclic) bond motifs is 4. The van der Waals surface area contributed by atoms with Crippen LogP contribution in [0.1, 0.15) is 79.9 Å². The van der Waals surface area contributed by atoms with Gasteiger partial charge in [0.2, 0.25) is 0 Å². The molecule has 0 aromatic heterocycles. The Bertz CT molecular complexity index is 555. The van der Waals surface area contributed by atoms with E-state index in [4.69, 9.17) is 0 Å². The van der Waals surface area contributed by atoms with E-state index in [2.05, 4.69) is 19.1 Å². The summed E-state index contributed by atoms with van der Waals surface area (Å²) >= 11 is 0. The van der Waals surface area contributed by atoms with Gasteiger partial charge in [0.1, 0.15) is 5.75 Å². The second-order valence-electron chi connectivity index (χ2n) is 8.85. The summed E-state index contributed by atoms with van der Waals surface area (Å²) in [6, 6.07) is 4.61. The van der Waals surface area contributed by atoms with Crippen LogP contribution in [0.2, 0.25) is 0 Å². The third-order valence-corrected chi connectivity index (χ3v) is 7.59. The lowest BCUT2D eigenvalue weighted by atomic mass is 9.77. The average molecular weight is 296 g/mol. The Morgan fingerprint density at radius 1 is 0.773 bits per heavy atom. The number of benzene rings is 1. The van der Waals surface area contributed by atoms with Gasteiger partial charge in [0.05, 0.1) is 0 Å². The first-order valence-corrected chi connectivity index (χ1v) is 9.52. The van der Waals surface area contributed by atoms with Crippen molar-refractivity contribution in [2.45, 2.75) is 70.1 Å². The number of aryl methyl sites for hydroxylation is 1. The van der Waals surface area contributed by atoms with Gasteiger partial charge in [-0.15, -0.1) is 0 Å². The Hall–Kier alpha value is -0.980. The molecule has 5 rings (SSSR count). The molecule has 1 N–H and O–H groups in total. The number of hydrogen-bond acceptors (Lipinski definition) is 1. The average Bonchev–Trinajstić information content (AvgIpc) is 3.29. The van der Waals surface area contributed by atoms with Crippen LogP contribution in [0.15, 0.2) is 12.1 Å². The second-order valence-corrected chi connectivity index (χ2v) is 8.85. The molecule has 1 aromatic carbocycles. The van der Waals surface area contributed by atoms with Crippen molar-refractivity contribution >= 4 is 0 Å². The van der Waals surface area contributed by atoms with Gasteiger partial charge in [0, 0.05) is 0 Å². The van der Waals surface area contributed by atoms with Gasteiger partial charge in [-0.05, 0) is 92.1 Å². The standard InChI is InChI=1S/C21H28O/c1-12-6-19(17-10-13-2-4-15(17)8-13)21(22)20(7-12)18-11-14-3-5-16(18)9-14/h6-7,13-18,22H,2-5,8-11H2,1H3/t13-,14+,15-,16-,17+,18-/m0/s1. The minimum Gasteiger partial charge on any atom is -0.507 e. The summed E-state index contributed by atoms with van der Waals surface area (Å²) in [6.07, 6.45) is 11.2. The first kappa shape index (κ1) is 13.5. The highest BCUT2D eigenvalue weighted by Crippen LogP contribution is 2.58. The zero-order valence-electron chi connectivity index (χ0n) is 13.7. The molecule has 22 heavy (non-hydrogen) atoms. The van der Waals surface area contributed by atoms with Gasteiger partial charge in [-0.1, -0.05) is 30.5 Å². The number of rotatable bonds is 2. The Morgan fingerprint density at radius 3 is 1.64 bits per heavy atom. The van der Waals surface area contributed by atoms with E-state index in [0.717, 1.165) is 23.7 Å². The summed E-state index contributed by atoms with van der Waals surface area (Å²) in [5.74, 6) is 5.59. The Labute approximate surface area is 134 Å². The molecular formula is C21H28O. The number of aromatic hydroxyl groups is 1. The molecule has 0 unspecified atom stereocenters. The number of phenolic OH excluding ortho intramolecular Hbond substituents is 1. The molecule has 4 saturated carbocycles. The topological polar surface area (TPSA) is 20.2 Å². The van der Waals surface area contributed by atoms with Crippen LogP contribution in [0, 0.1) is 30.6 Å². The zero-order chi connectivity index (χ0) is 14.8. The highest BCUT2D eigenvalue weighted by atomic mass is 16.3. The van der Waals surface area contributed by atoms with Crippen molar-refractivity contribution in [1.29, 1.82) is 0 Å². The maximum absolute atomic E-state index is 11.1. The van der Waals surface area contributed by atoms with E-state index in [1.54, 1.807) is 0 Å². The SMILES string of the molecule is Cc1cc([C@H]2C[C@@H]3CC[C@H]2C3)c(O)c([C@@H]2C[C@H]3CC[C@H]2C3)c1. The van der Waals surface area contributed by atoms with Gasteiger partial charge in [0.15, 0.2) is 0 Å². The minimum atomic E-state index is 0.649. The predicted molar refractivity (Wildman–Crippen MR) is 89.2 cm³/mol. The smallest absolute Gasteiger partial charge is 0.122 e. The highest BCUT2D eigenvalue weighted by molar-refractivity contribution is 5.48. The van der Waals surface area contributed by atoms with Gasteiger partial charge in [0.25, 0.3) is 0 Å². The van der Waals surface area contributed by atoms with Crippen molar-refractivity contribution in [2.24, 2.45) is 23.7 Å². The maximum Gasteiger partial charge on any atom is 0.122 e. The largest absolute Gasteiger partial charge is 0.507 e. The van der Waals surface area contributed by atoms with E-state index >= 15 is 0 Å². The zero-order valence-corrected chi connectivity index (χ0v) is 13.7. The van der Waals surface area contributed by atoms with Crippen molar-refractivity contribution in [3.05, 3.63) is 28.8 Å². The number of phenols is 1. The molecule has 0 radical (unpaired) electrons. The molecule has 4 aliphatic carbocycles. The molecule has 0 heterocycles. The van der Waals surface area contributed by atoms with Crippen LogP contribution in [-0.2, 0) is 0 Å². The predicted octanol–water partition coefficient (Wildman–Crippen LogP) is 5.51. The van der Waals surface area contributed by atoms with Crippen molar-refractivity contribution in [3.8, 4) is 5.75 Å². The lowest BCUT2D eigenvalue weighted by molar-refractivity contribution is 0.376. The Morgan fingerprint density at radius 2 is 1.27 bits per heavy atom. The molecule has 4 aliphatic rings. The molecule has 6 atom stereocenters. The van der Waals surface area contributed by atoms with Crippen LogP contribution in [0.5, 0.6) is 5.75 Å². The summed E-state index contributed by atoms with van der Waals surface area (Å²) in [5, 5.41) is 11.1. The summed E-state index contributed by atoms with van der Waals surface area (Å²) in [7, 11) is 0. The van der Waals surface area contributed by atoms with Crippen molar-refractivity contribution in [3.63, 3.8) is 0 Å². The molecule has 1 nitrogen and oxygen atoms in total. The summed E-state index contributed by atoms with van der Waals surface area (Å²) in [6.45, 7) is 2.23. The van der Waals surface area contributed by atoms with Crippen molar-refractivity contribution in [1.82, 2.24) is 0 Å². The van der Waals surface area contributed by atoms with Crippen LogP contribution >= 0.6 is 0 Å². The summed E-state index contributed by atoms with van der Waals surface area (Å²) in [5.41, 5.74) is 3.99. The lowest BCUT2D eigenvalue weighted by Gasteiger charge is -2.28. The Kier molecular flexibility index (Phi) is 2.91. The second kappa shape index (κ2) is 4.76. The van der Waals surface area contributed by atoms with E-state index in [-0.39, 0.29) is 0 Å². The molecule has 0 spiro atoms. The van der Waals surface area contributed by atoms with Gasteiger partial charge >= 0.3 is 0 Å². The number of hydrogen-bond donors (Lipinski definition) is 1. The summed E-state index contributed by atoms with van der Waals surface area (Å²) < 4.78 is 0. The van der Waals surface area contributed by atoms with Crippen molar-refractivity contribution in [2.75, 3.05) is 0 Å². The Balaban J connectivity index is 1.53. The van der Waals surface area contributed by atoms with Crippen LogP contribution in [0.3, 0.4) is 0 Å². The molecule has 0 saturated heterocycles. The molecule has 118 valence electrons. The fraction of sp³-hybridized carbons (Fsp3) is 0.714. The fourth-order valence-corrected chi connectivity index (χ4v) is 6.65. The van der Waals surface area contributed by atoms with Crippen LogP contribution in [0.25, 0.3) is 0 Å². The molecule has 1 heteroatoms. The van der Waals surface area contributed by atoms with Crippen molar-refractivity contribution < 1.29 is 5.11 Å². The first-order chi connectivity index (χ1) is 10.7. The van der Waals surface area contributed by atoms with Gasteiger partial charge < -0.3 is 5.11 Å². The molecule has 0 aliphatic heterocycles.